The van der Waals surface area contributed by atoms with Crippen LogP contribution < -0.4 is 10.6 Å². The number of fused-ring (bicyclic) bond motifs is 1. The van der Waals surface area contributed by atoms with Gasteiger partial charge in [-0.05, 0) is 92.7 Å². The maximum Gasteiger partial charge on any atom is 0.166 e. The molecule has 1 aromatic heterocycles. The average Bonchev–Trinajstić information content (AvgIpc) is 3.36. The van der Waals surface area contributed by atoms with Gasteiger partial charge < -0.3 is 15.4 Å². The van der Waals surface area contributed by atoms with Gasteiger partial charge in [0.05, 0.1) is 11.8 Å². The Hall–Kier alpha value is -2.56. The summed E-state index contributed by atoms with van der Waals surface area (Å²) >= 11 is 0. The van der Waals surface area contributed by atoms with Gasteiger partial charge in [0.1, 0.15) is 11.9 Å². The van der Waals surface area contributed by atoms with Crippen molar-refractivity contribution in [2.24, 2.45) is 17.8 Å². The van der Waals surface area contributed by atoms with Crippen LogP contribution in [-0.4, -0.2) is 36.0 Å². The smallest absolute Gasteiger partial charge is 0.166 e. The van der Waals surface area contributed by atoms with Crippen LogP contribution in [0.1, 0.15) is 48.8 Å². The van der Waals surface area contributed by atoms with E-state index in [1.807, 2.05) is 6.07 Å². The molecule has 0 spiro atoms. The van der Waals surface area contributed by atoms with Crippen molar-refractivity contribution in [2.45, 2.75) is 50.6 Å². The van der Waals surface area contributed by atoms with Crippen molar-refractivity contribution >= 4 is 5.82 Å². The molecule has 3 fully saturated rings. The van der Waals surface area contributed by atoms with Crippen molar-refractivity contribution in [3.8, 4) is 6.07 Å². The molecule has 0 amide bonds. The number of rotatable bonds is 5. The number of hydrogen-bond acceptors (Lipinski definition) is 6. The third-order valence-electron chi connectivity index (χ3n) is 7.82. The van der Waals surface area contributed by atoms with Gasteiger partial charge in [-0.3, -0.25) is 0 Å². The highest BCUT2D eigenvalue weighted by molar-refractivity contribution is 5.51. The van der Waals surface area contributed by atoms with Gasteiger partial charge in [0.15, 0.2) is 5.82 Å². The summed E-state index contributed by atoms with van der Waals surface area (Å²) in [6, 6.07) is 9.34. The minimum absolute atomic E-state index is 0.173. The van der Waals surface area contributed by atoms with Gasteiger partial charge in [0.25, 0.3) is 0 Å². The van der Waals surface area contributed by atoms with Crippen molar-refractivity contribution in [3.05, 3.63) is 53.0 Å². The number of aryl methyl sites for hydroxylation is 1. The average molecular weight is 436 g/mol. The van der Waals surface area contributed by atoms with Gasteiger partial charge in [0, 0.05) is 24.8 Å². The molecule has 2 aromatic rings. The molecule has 0 unspecified atom stereocenters. The number of anilines is 1. The molecule has 2 saturated heterocycles. The van der Waals surface area contributed by atoms with E-state index in [9.17, 15) is 9.65 Å². The summed E-state index contributed by atoms with van der Waals surface area (Å²) in [5.74, 6) is 1.84. The lowest BCUT2D eigenvalue weighted by atomic mass is 9.69. The Morgan fingerprint density at radius 1 is 1.28 bits per heavy atom. The Balaban J connectivity index is 1.45. The number of benzene rings is 1. The molecule has 2 N–H and O–H groups in total. The first-order chi connectivity index (χ1) is 15.6. The second-order valence-corrected chi connectivity index (χ2v) is 9.66. The van der Waals surface area contributed by atoms with Crippen molar-refractivity contribution in [1.82, 2.24) is 15.5 Å². The topological polar surface area (TPSA) is 82.9 Å². The highest BCUT2D eigenvalue weighted by Crippen LogP contribution is 2.53. The zero-order chi connectivity index (χ0) is 22.1. The minimum atomic E-state index is -0.240. The Bertz CT molecular complexity index is 1020. The summed E-state index contributed by atoms with van der Waals surface area (Å²) < 4.78 is 20.0. The lowest BCUT2D eigenvalue weighted by Crippen LogP contribution is -2.45. The first-order valence-electron chi connectivity index (χ1n) is 11.7. The van der Waals surface area contributed by atoms with Crippen LogP contribution in [0, 0.1) is 41.8 Å². The molecule has 0 radical (unpaired) electrons. The summed E-state index contributed by atoms with van der Waals surface area (Å²) in [6.45, 7) is 4.64. The van der Waals surface area contributed by atoms with Crippen LogP contribution in [0.25, 0.3) is 0 Å². The SMILES string of the molecule is Cc1ccc(F)cc1[C@@]1(CC2CCOCC2)NC[C@H]2C[C@H](Nc3nnccc3C#N)C[C@@H]21. The summed E-state index contributed by atoms with van der Waals surface area (Å²) in [6.07, 6.45) is 6.62. The van der Waals surface area contributed by atoms with E-state index in [1.54, 1.807) is 24.4 Å². The summed E-state index contributed by atoms with van der Waals surface area (Å²) in [7, 11) is 0. The molecule has 1 aliphatic carbocycles. The minimum Gasteiger partial charge on any atom is -0.381 e. The van der Waals surface area contributed by atoms with E-state index in [-0.39, 0.29) is 17.4 Å². The van der Waals surface area contributed by atoms with Gasteiger partial charge in [-0.2, -0.15) is 10.4 Å². The highest BCUT2D eigenvalue weighted by atomic mass is 19.1. The van der Waals surface area contributed by atoms with Crippen LogP contribution >= 0.6 is 0 Å². The Kier molecular flexibility index (Phi) is 5.83. The Morgan fingerprint density at radius 2 is 2.12 bits per heavy atom. The van der Waals surface area contributed by atoms with Crippen molar-refractivity contribution < 1.29 is 9.13 Å². The molecule has 2 aliphatic heterocycles. The van der Waals surface area contributed by atoms with Crippen LogP contribution in [0.5, 0.6) is 0 Å². The predicted octanol–water partition coefficient (Wildman–Crippen LogP) is 3.92. The van der Waals surface area contributed by atoms with Gasteiger partial charge in [-0.25, -0.2) is 4.39 Å². The molecule has 4 atom stereocenters. The molecular weight excluding hydrogens is 405 g/mol. The van der Waals surface area contributed by atoms with E-state index in [0.717, 1.165) is 63.0 Å². The first kappa shape index (κ1) is 21.3. The molecular formula is C25H30FN5O. The molecule has 32 heavy (non-hydrogen) atoms. The summed E-state index contributed by atoms with van der Waals surface area (Å²) in [5, 5.41) is 24.9. The van der Waals surface area contributed by atoms with Crippen molar-refractivity contribution in [3.63, 3.8) is 0 Å². The molecule has 7 heteroatoms. The van der Waals surface area contributed by atoms with Gasteiger partial charge >= 0.3 is 0 Å². The predicted molar refractivity (Wildman–Crippen MR) is 119 cm³/mol. The molecule has 6 nitrogen and oxygen atoms in total. The van der Waals surface area contributed by atoms with E-state index in [0.29, 0.717) is 29.1 Å². The standard InChI is InChI=1S/C25H30FN5O/c1-16-2-3-20(26)11-22(16)25(13-17-5-8-32-9-6-17)23-12-21(10-19(23)15-28-25)30-24-18(14-27)4-7-29-31-24/h2-4,7,11,17,19,21,23,28H,5-6,8-10,12-13,15H2,1H3,(H,30,31)/t19-,21+,23+,25-/m1/s1. The van der Waals surface area contributed by atoms with E-state index < -0.39 is 0 Å². The van der Waals surface area contributed by atoms with Gasteiger partial charge in [-0.1, -0.05) is 6.07 Å². The van der Waals surface area contributed by atoms with Gasteiger partial charge in [0.2, 0.25) is 0 Å². The second-order valence-electron chi connectivity index (χ2n) is 9.66. The van der Waals surface area contributed by atoms with E-state index in [1.165, 1.54) is 0 Å². The molecule has 5 rings (SSSR count). The van der Waals surface area contributed by atoms with Gasteiger partial charge in [-0.15, -0.1) is 5.10 Å². The first-order valence-corrected chi connectivity index (χ1v) is 11.7. The zero-order valence-electron chi connectivity index (χ0n) is 18.5. The number of nitrogens with zero attached hydrogens (tertiary/aromatic N) is 3. The largest absolute Gasteiger partial charge is 0.381 e. The zero-order valence-corrected chi connectivity index (χ0v) is 18.5. The van der Waals surface area contributed by atoms with Crippen molar-refractivity contribution in [2.75, 3.05) is 25.1 Å². The number of aromatic nitrogens is 2. The molecule has 1 aromatic carbocycles. The number of nitriles is 1. The second kappa shape index (κ2) is 8.76. The molecule has 168 valence electrons. The molecule has 1 saturated carbocycles. The van der Waals surface area contributed by atoms with E-state index in [4.69, 9.17) is 4.74 Å². The highest BCUT2D eigenvalue weighted by Gasteiger charge is 2.54. The maximum atomic E-state index is 14.4. The van der Waals surface area contributed by atoms with E-state index in [2.05, 4.69) is 33.8 Å². The maximum absolute atomic E-state index is 14.4. The summed E-state index contributed by atoms with van der Waals surface area (Å²) in [5.41, 5.74) is 2.53. The van der Waals surface area contributed by atoms with Crippen molar-refractivity contribution in [1.29, 1.82) is 5.26 Å². The summed E-state index contributed by atoms with van der Waals surface area (Å²) in [4.78, 5) is 0. The number of halogens is 1. The fraction of sp³-hybridized carbons (Fsp3) is 0.560. The fourth-order valence-corrected chi connectivity index (χ4v) is 6.35. The number of nitrogens with one attached hydrogen (secondary N) is 2. The fourth-order valence-electron chi connectivity index (χ4n) is 6.35. The Morgan fingerprint density at radius 3 is 2.94 bits per heavy atom. The van der Waals surface area contributed by atoms with Crippen LogP contribution in [0.3, 0.4) is 0 Å². The van der Waals surface area contributed by atoms with Crippen LogP contribution in [0.2, 0.25) is 0 Å². The lowest BCUT2D eigenvalue weighted by Gasteiger charge is -2.41. The molecule has 3 heterocycles. The van der Waals surface area contributed by atoms with Crippen LogP contribution in [-0.2, 0) is 10.3 Å². The number of hydrogen-bond donors (Lipinski definition) is 2. The lowest BCUT2D eigenvalue weighted by molar-refractivity contribution is 0.0483. The third-order valence-corrected chi connectivity index (χ3v) is 7.82. The van der Waals surface area contributed by atoms with Crippen LogP contribution in [0.15, 0.2) is 30.5 Å². The van der Waals surface area contributed by atoms with E-state index >= 15 is 0 Å². The quantitative estimate of drug-likeness (QED) is 0.741. The normalized spacial score (nSPS) is 30.1. The Labute approximate surface area is 188 Å². The monoisotopic (exact) mass is 435 g/mol. The third kappa shape index (κ3) is 3.87. The number of ether oxygens (including phenoxy) is 1. The van der Waals surface area contributed by atoms with Crippen LogP contribution in [0.4, 0.5) is 10.2 Å². The molecule has 3 aliphatic rings. The molecule has 0 bridgehead atoms.